The van der Waals surface area contributed by atoms with Gasteiger partial charge in [-0.2, -0.15) is 0 Å². The minimum Gasteiger partial charge on any atom is -0.469 e. The van der Waals surface area contributed by atoms with Crippen molar-refractivity contribution in [1.29, 1.82) is 0 Å². The van der Waals surface area contributed by atoms with E-state index >= 15 is 0 Å². The molecule has 2 aromatic rings. The summed E-state index contributed by atoms with van der Waals surface area (Å²) in [5, 5.41) is 0. The Morgan fingerprint density at radius 2 is 1.74 bits per heavy atom. The van der Waals surface area contributed by atoms with Crippen LogP contribution in [0.4, 0.5) is 0 Å². The molecule has 6 nitrogen and oxygen atoms in total. The van der Waals surface area contributed by atoms with Crippen LogP contribution in [-0.2, 0) is 25.5 Å². The summed E-state index contributed by atoms with van der Waals surface area (Å²) in [5.74, 6) is -0.930. The van der Waals surface area contributed by atoms with Crippen molar-refractivity contribution in [1.82, 2.24) is 9.80 Å². The second kappa shape index (κ2) is 8.53. The van der Waals surface area contributed by atoms with Crippen LogP contribution in [0, 0.1) is 19.8 Å². The molecular weight excluding hydrogens is 392 g/mol. The number of rotatable bonds is 4. The molecule has 0 bridgehead atoms. The zero-order valence-electron chi connectivity index (χ0n) is 18.2. The average molecular weight is 421 g/mol. The number of ether oxygens (including phenoxy) is 1. The molecular formula is C25H28N2O4. The fourth-order valence-corrected chi connectivity index (χ4v) is 5.11. The highest BCUT2D eigenvalue weighted by molar-refractivity contribution is 5.89. The third kappa shape index (κ3) is 4.20. The monoisotopic (exact) mass is 420 g/mol. The molecule has 0 N–H and O–H groups in total. The number of carbonyl (C=O) groups excluding carboxylic acids is 3. The van der Waals surface area contributed by atoms with Crippen molar-refractivity contribution in [2.24, 2.45) is 5.92 Å². The summed E-state index contributed by atoms with van der Waals surface area (Å²) in [4.78, 5) is 42.2. The molecule has 0 aromatic heterocycles. The maximum Gasteiger partial charge on any atom is 0.311 e. The number of fused-ring (bicyclic) bond motifs is 1. The predicted molar refractivity (Wildman–Crippen MR) is 116 cm³/mol. The van der Waals surface area contributed by atoms with Crippen LogP contribution < -0.4 is 0 Å². The minimum atomic E-state index is -0.434. The Morgan fingerprint density at radius 3 is 2.39 bits per heavy atom. The highest BCUT2D eigenvalue weighted by Gasteiger charge is 2.51. The maximum atomic E-state index is 13.2. The normalized spacial score (nSPS) is 22.9. The molecule has 2 aliphatic heterocycles. The van der Waals surface area contributed by atoms with E-state index < -0.39 is 5.92 Å². The number of benzene rings is 2. The molecule has 2 saturated heterocycles. The molecule has 0 saturated carbocycles. The molecule has 2 amide bonds. The van der Waals surface area contributed by atoms with Crippen LogP contribution >= 0.6 is 0 Å². The lowest BCUT2D eigenvalue weighted by Crippen LogP contribution is -2.56. The summed E-state index contributed by atoms with van der Waals surface area (Å²) in [6.45, 7) is 4.50. The van der Waals surface area contributed by atoms with E-state index in [1.807, 2.05) is 56.3 Å². The van der Waals surface area contributed by atoms with E-state index in [1.54, 1.807) is 9.80 Å². The molecule has 2 fully saturated rings. The van der Waals surface area contributed by atoms with E-state index in [1.165, 1.54) is 7.11 Å². The van der Waals surface area contributed by atoms with Crippen LogP contribution in [0.2, 0.25) is 0 Å². The first-order valence-corrected chi connectivity index (χ1v) is 10.7. The Kier molecular flexibility index (Phi) is 5.81. The van der Waals surface area contributed by atoms with Gasteiger partial charge in [0.1, 0.15) is 0 Å². The van der Waals surface area contributed by atoms with Crippen molar-refractivity contribution in [3.05, 3.63) is 70.8 Å². The van der Waals surface area contributed by atoms with Crippen LogP contribution in [0.1, 0.15) is 34.7 Å². The van der Waals surface area contributed by atoms with E-state index in [0.29, 0.717) is 13.0 Å². The van der Waals surface area contributed by atoms with Gasteiger partial charge in [-0.05, 0) is 31.4 Å². The number of nitrogens with zero attached hydrogens (tertiary/aromatic N) is 2. The number of carbonyl (C=O) groups is 3. The number of piperazine rings is 1. The second-order valence-electron chi connectivity index (χ2n) is 8.62. The van der Waals surface area contributed by atoms with Crippen LogP contribution in [0.3, 0.4) is 0 Å². The Morgan fingerprint density at radius 1 is 1.06 bits per heavy atom. The fraction of sp³-hybridized carbons (Fsp3) is 0.400. The van der Waals surface area contributed by atoms with Gasteiger partial charge in [0.25, 0.3) is 0 Å². The lowest BCUT2D eigenvalue weighted by atomic mass is 9.93. The van der Waals surface area contributed by atoms with Crippen molar-refractivity contribution >= 4 is 17.8 Å². The third-order valence-corrected chi connectivity index (χ3v) is 6.28. The Hall–Kier alpha value is -3.15. The number of methoxy groups -OCH3 is 1. The number of amides is 2. The summed E-state index contributed by atoms with van der Waals surface area (Å²) in [5.41, 5.74) is 4.11. The first-order valence-electron chi connectivity index (χ1n) is 10.7. The molecule has 31 heavy (non-hydrogen) atoms. The highest BCUT2D eigenvalue weighted by atomic mass is 16.5. The van der Waals surface area contributed by atoms with Crippen LogP contribution in [-0.4, -0.2) is 53.8 Å². The van der Waals surface area contributed by atoms with E-state index in [0.717, 1.165) is 22.3 Å². The Labute approximate surface area is 182 Å². The second-order valence-corrected chi connectivity index (χ2v) is 8.62. The number of aryl methyl sites for hydroxylation is 2. The minimum absolute atomic E-state index is 0.0390. The average Bonchev–Trinajstić information content (AvgIpc) is 3.13. The van der Waals surface area contributed by atoms with Gasteiger partial charge in [0.15, 0.2) is 0 Å². The van der Waals surface area contributed by atoms with Crippen molar-refractivity contribution in [2.75, 3.05) is 20.2 Å². The fourth-order valence-electron chi connectivity index (χ4n) is 5.11. The topological polar surface area (TPSA) is 66.9 Å². The lowest BCUT2D eigenvalue weighted by molar-refractivity contribution is -0.150. The SMILES string of the molecule is COC(=O)[C@H]1C[C@H]2CN(C(=O)Cc3cc(C)cc(C)c3)CC(=O)N2[C@H]1c1ccccc1. The van der Waals surface area contributed by atoms with Crippen LogP contribution in [0.25, 0.3) is 0 Å². The van der Waals surface area contributed by atoms with Crippen molar-refractivity contribution in [3.8, 4) is 0 Å². The lowest BCUT2D eigenvalue weighted by Gasteiger charge is -2.40. The quantitative estimate of drug-likeness (QED) is 0.714. The molecule has 0 spiro atoms. The van der Waals surface area contributed by atoms with Gasteiger partial charge in [-0.15, -0.1) is 0 Å². The summed E-state index contributed by atoms with van der Waals surface area (Å²) < 4.78 is 5.05. The molecule has 2 aromatic carbocycles. The molecule has 0 aliphatic carbocycles. The van der Waals surface area contributed by atoms with Crippen molar-refractivity contribution < 1.29 is 19.1 Å². The van der Waals surface area contributed by atoms with Crippen molar-refractivity contribution in [2.45, 2.75) is 38.8 Å². The smallest absolute Gasteiger partial charge is 0.311 e. The first kappa shape index (κ1) is 21.1. The molecule has 2 heterocycles. The number of esters is 1. The largest absolute Gasteiger partial charge is 0.469 e. The maximum absolute atomic E-state index is 13.2. The predicted octanol–water partition coefficient (Wildman–Crippen LogP) is 2.82. The van der Waals surface area contributed by atoms with Crippen LogP contribution in [0.5, 0.6) is 0 Å². The number of hydrogen-bond acceptors (Lipinski definition) is 4. The van der Waals surface area contributed by atoms with Gasteiger partial charge in [-0.1, -0.05) is 59.7 Å². The molecule has 6 heteroatoms. The van der Waals surface area contributed by atoms with E-state index in [9.17, 15) is 14.4 Å². The van der Waals surface area contributed by atoms with Gasteiger partial charge >= 0.3 is 5.97 Å². The van der Waals surface area contributed by atoms with Gasteiger partial charge in [0.2, 0.25) is 11.8 Å². The van der Waals surface area contributed by atoms with E-state index in [4.69, 9.17) is 4.74 Å². The Balaban J connectivity index is 1.55. The molecule has 0 radical (unpaired) electrons. The summed E-state index contributed by atoms with van der Waals surface area (Å²) in [7, 11) is 1.38. The van der Waals surface area contributed by atoms with E-state index in [-0.39, 0.29) is 42.8 Å². The van der Waals surface area contributed by atoms with Crippen LogP contribution in [0.15, 0.2) is 48.5 Å². The van der Waals surface area contributed by atoms with Gasteiger partial charge < -0.3 is 14.5 Å². The zero-order valence-corrected chi connectivity index (χ0v) is 18.2. The summed E-state index contributed by atoms with van der Waals surface area (Å²) >= 11 is 0. The van der Waals surface area contributed by atoms with Crippen molar-refractivity contribution in [3.63, 3.8) is 0 Å². The van der Waals surface area contributed by atoms with Gasteiger partial charge in [0, 0.05) is 6.54 Å². The Bertz CT molecular complexity index is 984. The first-order chi connectivity index (χ1) is 14.9. The standard InChI is InChI=1S/C25H28N2O4/c1-16-9-17(2)11-18(10-16)12-22(28)26-14-20-13-21(25(30)31-3)24(27(20)23(29)15-26)19-7-5-4-6-8-19/h4-11,20-21,24H,12-15H2,1-3H3/t20-,21-,24-/m0/s1. The molecule has 4 rings (SSSR count). The van der Waals surface area contributed by atoms with E-state index in [2.05, 4.69) is 6.07 Å². The summed E-state index contributed by atoms with van der Waals surface area (Å²) in [6, 6.07) is 15.1. The van der Waals surface area contributed by atoms with Gasteiger partial charge in [-0.25, -0.2) is 0 Å². The molecule has 2 aliphatic rings. The molecule has 162 valence electrons. The molecule has 0 unspecified atom stereocenters. The van der Waals surface area contributed by atoms with Gasteiger partial charge in [0.05, 0.1) is 38.1 Å². The number of hydrogen-bond donors (Lipinski definition) is 0. The zero-order chi connectivity index (χ0) is 22.1. The third-order valence-electron chi connectivity index (χ3n) is 6.28. The summed E-state index contributed by atoms with van der Waals surface area (Å²) in [6.07, 6.45) is 0.760. The highest BCUT2D eigenvalue weighted by Crippen LogP contribution is 2.43. The van der Waals surface area contributed by atoms with Gasteiger partial charge in [-0.3, -0.25) is 14.4 Å². The molecule has 3 atom stereocenters.